The van der Waals surface area contributed by atoms with Crippen LogP contribution >= 0.6 is 0 Å². The van der Waals surface area contributed by atoms with E-state index in [-0.39, 0.29) is 24.7 Å². The molecule has 2 rings (SSSR count). The maximum Gasteiger partial charge on any atom is 0.410 e. The molecule has 0 bridgehead atoms. The highest BCUT2D eigenvalue weighted by Gasteiger charge is 2.44. The molecule has 6 nitrogen and oxygen atoms in total. The van der Waals surface area contributed by atoms with Gasteiger partial charge in [0.1, 0.15) is 18.8 Å². The molecule has 3 atom stereocenters. The standard InChI is InChI=1S/C23H39NO5/c1-3-4-5-6-7-8-9-10-11-12-13-20(26)16-19-14-15-24-21(17-28-23(24)27)22(19)29-18(2)25/h16,20-22,26H,3-15,17H2,1-2H3/b19-16-/t20-,21+,22-/m1/s1. The van der Waals surface area contributed by atoms with Crippen LogP contribution in [0, 0.1) is 0 Å². The Morgan fingerprint density at radius 3 is 2.41 bits per heavy atom. The van der Waals surface area contributed by atoms with Crippen molar-refractivity contribution in [1.82, 2.24) is 4.90 Å². The van der Waals surface area contributed by atoms with Crippen molar-refractivity contribution in [2.45, 2.75) is 109 Å². The second-order valence-corrected chi connectivity index (χ2v) is 8.40. The van der Waals surface area contributed by atoms with E-state index in [2.05, 4.69) is 6.92 Å². The Kier molecular flexibility index (Phi) is 10.5. The number of piperidine rings is 1. The summed E-state index contributed by atoms with van der Waals surface area (Å²) in [6.07, 6.45) is 14.4. The fraction of sp³-hybridized carbons (Fsp3) is 0.826. The Bertz CT molecular complexity index is 547. The number of ether oxygens (including phenoxy) is 2. The molecule has 2 saturated heterocycles. The van der Waals surface area contributed by atoms with Crippen molar-refractivity contribution in [3.8, 4) is 0 Å². The van der Waals surface area contributed by atoms with E-state index in [0.29, 0.717) is 13.0 Å². The first kappa shape index (κ1) is 23.7. The summed E-state index contributed by atoms with van der Waals surface area (Å²) in [5, 5.41) is 10.4. The monoisotopic (exact) mass is 409 g/mol. The quantitative estimate of drug-likeness (QED) is 0.270. The Labute approximate surface area is 175 Å². The van der Waals surface area contributed by atoms with Gasteiger partial charge in [-0.1, -0.05) is 77.2 Å². The highest BCUT2D eigenvalue weighted by atomic mass is 16.6. The first-order valence-corrected chi connectivity index (χ1v) is 11.5. The molecule has 1 amide bonds. The van der Waals surface area contributed by atoms with E-state index in [4.69, 9.17) is 9.47 Å². The van der Waals surface area contributed by atoms with Crippen molar-refractivity contribution in [3.63, 3.8) is 0 Å². The number of carbonyl (C=O) groups is 2. The molecule has 2 aliphatic heterocycles. The Morgan fingerprint density at radius 2 is 1.79 bits per heavy atom. The smallest absolute Gasteiger partial charge is 0.410 e. The molecule has 2 heterocycles. The van der Waals surface area contributed by atoms with Crippen molar-refractivity contribution < 1.29 is 24.2 Å². The van der Waals surface area contributed by atoms with Crippen molar-refractivity contribution in [2.24, 2.45) is 0 Å². The van der Waals surface area contributed by atoms with Gasteiger partial charge in [0.2, 0.25) is 0 Å². The van der Waals surface area contributed by atoms with Crippen LogP contribution in [0.4, 0.5) is 4.79 Å². The zero-order valence-electron chi connectivity index (χ0n) is 18.2. The number of hydrogen-bond acceptors (Lipinski definition) is 5. The summed E-state index contributed by atoms with van der Waals surface area (Å²) in [4.78, 5) is 24.9. The molecule has 0 aromatic carbocycles. The van der Waals surface area contributed by atoms with Gasteiger partial charge in [-0.05, 0) is 18.4 Å². The molecule has 0 radical (unpaired) electrons. The zero-order valence-corrected chi connectivity index (χ0v) is 18.2. The van der Waals surface area contributed by atoms with Gasteiger partial charge in [-0.15, -0.1) is 0 Å². The Hall–Kier alpha value is -1.56. The Balaban J connectivity index is 1.69. The third kappa shape index (κ3) is 8.00. The average Bonchev–Trinajstić information content (AvgIpc) is 3.06. The zero-order chi connectivity index (χ0) is 21.1. The Morgan fingerprint density at radius 1 is 1.17 bits per heavy atom. The molecular formula is C23H39NO5. The second-order valence-electron chi connectivity index (χ2n) is 8.40. The third-order valence-corrected chi connectivity index (χ3v) is 5.92. The highest BCUT2D eigenvalue weighted by molar-refractivity contribution is 5.71. The maximum absolute atomic E-state index is 11.8. The number of rotatable bonds is 13. The minimum absolute atomic E-state index is 0.225. The molecule has 0 aliphatic carbocycles. The van der Waals surface area contributed by atoms with Gasteiger partial charge in [0, 0.05) is 13.5 Å². The highest BCUT2D eigenvalue weighted by Crippen LogP contribution is 2.30. The van der Waals surface area contributed by atoms with Crippen LogP contribution in [0.15, 0.2) is 11.6 Å². The molecule has 1 N–H and O–H groups in total. The fourth-order valence-corrected chi connectivity index (χ4v) is 4.29. The number of esters is 1. The summed E-state index contributed by atoms with van der Waals surface area (Å²) in [6, 6.07) is -0.282. The first-order chi connectivity index (χ1) is 14.0. The molecule has 0 saturated carbocycles. The van der Waals surface area contributed by atoms with Gasteiger partial charge in [-0.3, -0.25) is 9.69 Å². The van der Waals surface area contributed by atoms with Crippen LogP contribution < -0.4 is 0 Å². The van der Waals surface area contributed by atoms with E-state index < -0.39 is 12.2 Å². The lowest BCUT2D eigenvalue weighted by atomic mass is 9.92. The molecule has 0 aromatic heterocycles. The second kappa shape index (κ2) is 12.9. The van der Waals surface area contributed by atoms with Crippen LogP contribution in [-0.2, 0) is 14.3 Å². The summed E-state index contributed by atoms with van der Waals surface area (Å²) in [6.45, 7) is 4.38. The summed E-state index contributed by atoms with van der Waals surface area (Å²) in [7, 11) is 0. The summed E-state index contributed by atoms with van der Waals surface area (Å²) >= 11 is 0. The van der Waals surface area contributed by atoms with Crippen LogP contribution in [0.2, 0.25) is 0 Å². The normalized spacial score (nSPS) is 23.8. The molecule has 0 aromatic rings. The van der Waals surface area contributed by atoms with Crippen molar-refractivity contribution in [3.05, 3.63) is 11.6 Å². The molecule has 2 fully saturated rings. The lowest BCUT2D eigenvalue weighted by Gasteiger charge is -2.35. The number of unbranched alkanes of at least 4 members (excludes halogenated alkanes) is 9. The van der Waals surface area contributed by atoms with Gasteiger partial charge in [0.05, 0.1) is 6.10 Å². The minimum Gasteiger partial charge on any atom is -0.456 e. The van der Waals surface area contributed by atoms with Gasteiger partial charge in [0.25, 0.3) is 0 Å². The maximum atomic E-state index is 11.8. The first-order valence-electron chi connectivity index (χ1n) is 11.5. The predicted molar refractivity (Wildman–Crippen MR) is 113 cm³/mol. The molecule has 29 heavy (non-hydrogen) atoms. The van der Waals surface area contributed by atoms with Crippen LogP contribution in [0.25, 0.3) is 0 Å². The predicted octanol–water partition coefficient (Wildman–Crippen LogP) is 4.74. The lowest BCUT2D eigenvalue weighted by molar-refractivity contribution is -0.147. The van der Waals surface area contributed by atoms with Crippen molar-refractivity contribution in [2.75, 3.05) is 13.2 Å². The molecular weight excluding hydrogens is 370 g/mol. The number of nitrogens with zero attached hydrogens (tertiary/aromatic N) is 1. The van der Waals surface area contributed by atoms with Crippen molar-refractivity contribution >= 4 is 12.1 Å². The summed E-state index contributed by atoms with van der Waals surface area (Å²) in [5.74, 6) is -0.383. The topological polar surface area (TPSA) is 76.1 Å². The van der Waals surface area contributed by atoms with Gasteiger partial charge < -0.3 is 14.6 Å². The molecule has 0 spiro atoms. The summed E-state index contributed by atoms with van der Waals surface area (Å²) < 4.78 is 10.6. The van der Waals surface area contributed by atoms with Gasteiger partial charge in [-0.2, -0.15) is 0 Å². The molecule has 0 unspecified atom stereocenters. The van der Waals surface area contributed by atoms with E-state index in [0.717, 1.165) is 24.8 Å². The fourth-order valence-electron chi connectivity index (χ4n) is 4.29. The number of hydrogen-bond donors (Lipinski definition) is 1. The lowest BCUT2D eigenvalue weighted by Crippen LogP contribution is -2.49. The number of cyclic esters (lactones) is 1. The number of carbonyl (C=O) groups excluding carboxylic acids is 2. The number of aliphatic hydroxyl groups is 1. The van der Waals surface area contributed by atoms with E-state index in [1.165, 1.54) is 58.3 Å². The molecule has 6 heteroatoms. The van der Waals surface area contributed by atoms with Crippen LogP contribution in [0.3, 0.4) is 0 Å². The average molecular weight is 410 g/mol. The number of amides is 1. The van der Waals surface area contributed by atoms with Crippen molar-refractivity contribution in [1.29, 1.82) is 0 Å². The van der Waals surface area contributed by atoms with Gasteiger partial charge >= 0.3 is 12.1 Å². The minimum atomic E-state index is -0.540. The summed E-state index contributed by atoms with van der Waals surface area (Å²) in [5.41, 5.74) is 0.902. The SMILES string of the molecule is CCCCCCCCCCCC[C@@H](O)/C=C1/CCN2C(=O)OC[C@H]2[C@@H]1OC(C)=O. The van der Waals surface area contributed by atoms with Crippen LogP contribution in [0.1, 0.15) is 90.9 Å². The number of fused-ring (bicyclic) bond motifs is 1. The van der Waals surface area contributed by atoms with Crippen LogP contribution in [0.5, 0.6) is 0 Å². The molecule has 2 aliphatic rings. The van der Waals surface area contributed by atoms with E-state index in [1.807, 2.05) is 6.08 Å². The largest absolute Gasteiger partial charge is 0.456 e. The van der Waals surface area contributed by atoms with E-state index >= 15 is 0 Å². The third-order valence-electron chi connectivity index (χ3n) is 5.92. The van der Waals surface area contributed by atoms with Gasteiger partial charge in [-0.25, -0.2) is 4.79 Å². The number of aliphatic hydroxyl groups excluding tert-OH is 1. The van der Waals surface area contributed by atoms with Crippen LogP contribution in [-0.4, -0.2) is 53.5 Å². The van der Waals surface area contributed by atoms with E-state index in [1.54, 1.807) is 4.90 Å². The van der Waals surface area contributed by atoms with E-state index in [9.17, 15) is 14.7 Å². The molecule has 166 valence electrons. The van der Waals surface area contributed by atoms with Gasteiger partial charge in [0.15, 0.2) is 0 Å².